The Morgan fingerprint density at radius 3 is 1.34 bits per heavy atom. The van der Waals surface area contributed by atoms with Crippen molar-refractivity contribution in [1.29, 1.82) is 0 Å². The predicted octanol–water partition coefficient (Wildman–Crippen LogP) is 12.9. The fraction of sp³-hybridized carbons (Fsp3) is 0. The molecule has 2 heteroatoms. The van der Waals surface area contributed by atoms with Crippen molar-refractivity contribution in [3.05, 3.63) is 194 Å². The molecule has 2 heterocycles. The summed E-state index contributed by atoms with van der Waals surface area (Å²) in [5, 5.41) is 5.07. The molecule has 8 aromatic carbocycles. The number of rotatable bonds is 5. The van der Waals surface area contributed by atoms with Crippen molar-refractivity contribution in [1.82, 2.24) is 9.13 Å². The summed E-state index contributed by atoms with van der Waals surface area (Å²) in [5.41, 5.74) is 14.4. The summed E-state index contributed by atoms with van der Waals surface area (Å²) in [5.74, 6) is 0. The van der Waals surface area contributed by atoms with Crippen LogP contribution in [0, 0.1) is 0 Å². The van der Waals surface area contributed by atoms with Gasteiger partial charge in [-0.05, 0) is 88.0 Å². The molecule has 0 aliphatic carbocycles. The Balaban J connectivity index is 1.12. The van der Waals surface area contributed by atoms with Crippen LogP contribution in [0.4, 0.5) is 0 Å². The Kier molecular flexibility index (Phi) is 6.53. The number of benzene rings is 8. The number of nitrogens with zero attached hydrogens (tertiary/aromatic N) is 2. The van der Waals surface area contributed by atoms with Crippen LogP contribution in [0.5, 0.6) is 0 Å². The lowest BCUT2D eigenvalue weighted by Gasteiger charge is -2.12. The molecule has 0 fully saturated rings. The van der Waals surface area contributed by atoms with E-state index in [0.717, 1.165) is 11.4 Å². The summed E-state index contributed by atoms with van der Waals surface area (Å²) in [4.78, 5) is 0. The van der Waals surface area contributed by atoms with Crippen LogP contribution in [0.25, 0.3) is 88.4 Å². The molecule has 2 aromatic heterocycles. The molecular formula is C48H32N2. The molecule has 0 radical (unpaired) electrons. The van der Waals surface area contributed by atoms with Gasteiger partial charge in [-0.1, -0.05) is 140 Å². The lowest BCUT2D eigenvalue weighted by molar-refractivity contribution is 1.18. The van der Waals surface area contributed by atoms with Gasteiger partial charge in [0.15, 0.2) is 0 Å². The lowest BCUT2D eigenvalue weighted by Crippen LogP contribution is -1.94. The van der Waals surface area contributed by atoms with Crippen LogP contribution in [0.15, 0.2) is 194 Å². The van der Waals surface area contributed by atoms with Gasteiger partial charge in [-0.15, -0.1) is 0 Å². The maximum absolute atomic E-state index is 2.42. The average molecular weight is 637 g/mol. The second kappa shape index (κ2) is 11.5. The third-order valence-electron chi connectivity index (χ3n) is 10.1. The first kappa shape index (κ1) is 28.4. The van der Waals surface area contributed by atoms with Crippen molar-refractivity contribution in [3.8, 4) is 44.8 Å². The molecule has 10 rings (SSSR count). The standard InChI is InChI=1S/C48H32N2/c1-2-14-33(15-3-1)35-17-11-21-39(31-35)50-46-28-9-6-24-43(46)48-40(25-13-29-47(48)50)37-19-10-16-34(30-37)36-18-12-20-38(32-36)49-44-26-7-4-22-41(44)42-23-5-8-27-45(42)49/h1-32H. The van der Waals surface area contributed by atoms with Crippen LogP contribution >= 0.6 is 0 Å². The summed E-state index contributed by atoms with van der Waals surface area (Å²) in [7, 11) is 0. The van der Waals surface area contributed by atoms with Gasteiger partial charge in [0, 0.05) is 32.9 Å². The first-order valence-electron chi connectivity index (χ1n) is 17.2. The highest BCUT2D eigenvalue weighted by Gasteiger charge is 2.17. The van der Waals surface area contributed by atoms with Crippen LogP contribution in [-0.2, 0) is 0 Å². The smallest absolute Gasteiger partial charge is 0.0547 e. The highest BCUT2D eigenvalue weighted by molar-refractivity contribution is 6.16. The van der Waals surface area contributed by atoms with Crippen molar-refractivity contribution < 1.29 is 0 Å². The van der Waals surface area contributed by atoms with Crippen LogP contribution < -0.4 is 0 Å². The fourth-order valence-corrected chi connectivity index (χ4v) is 7.88. The zero-order chi connectivity index (χ0) is 33.0. The van der Waals surface area contributed by atoms with Crippen molar-refractivity contribution in [2.75, 3.05) is 0 Å². The molecule has 0 saturated heterocycles. The van der Waals surface area contributed by atoms with Gasteiger partial charge in [-0.2, -0.15) is 0 Å². The van der Waals surface area contributed by atoms with E-state index < -0.39 is 0 Å². The summed E-state index contributed by atoms with van der Waals surface area (Å²) in [6.07, 6.45) is 0. The quantitative estimate of drug-likeness (QED) is 0.178. The van der Waals surface area contributed by atoms with Gasteiger partial charge in [0.2, 0.25) is 0 Å². The zero-order valence-electron chi connectivity index (χ0n) is 27.4. The molecule has 0 aliphatic rings. The van der Waals surface area contributed by atoms with E-state index in [1.54, 1.807) is 0 Å². The maximum atomic E-state index is 2.42. The molecule has 0 aliphatic heterocycles. The van der Waals surface area contributed by atoms with Gasteiger partial charge in [0.1, 0.15) is 0 Å². The second-order valence-electron chi connectivity index (χ2n) is 13.0. The van der Waals surface area contributed by atoms with E-state index >= 15 is 0 Å². The molecule has 0 saturated carbocycles. The Labute approximate surface area is 290 Å². The third-order valence-corrected chi connectivity index (χ3v) is 10.1. The summed E-state index contributed by atoms with van der Waals surface area (Å²) < 4.78 is 4.81. The van der Waals surface area contributed by atoms with Gasteiger partial charge < -0.3 is 9.13 Å². The molecule has 0 amide bonds. The SMILES string of the molecule is c1ccc(-c2cccc(-n3c4ccccc4c4c(-c5cccc(-c6cccc(-n7c8ccccc8c8ccccc87)c6)c5)cccc43)c2)cc1. The van der Waals surface area contributed by atoms with Crippen molar-refractivity contribution in [2.24, 2.45) is 0 Å². The molecule has 10 aromatic rings. The monoisotopic (exact) mass is 636 g/mol. The van der Waals surface area contributed by atoms with Crippen LogP contribution in [0.1, 0.15) is 0 Å². The minimum Gasteiger partial charge on any atom is -0.309 e. The predicted molar refractivity (Wildman–Crippen MR) is 211 cm³/mol. The van der Waals surface area contributed by atoms with Crippen molar-refractivity contribution in [3.63, 3.8) is 0 Å². The first-order chi connectivity index (χ1) is 24.8. The van der Waals surface area contributed by atoms with Gasteiger partial charge in [-0.25, -0.2) is 0 Å². The molecule has 0 N–H and O–H groups in total. The minimum atomic E-state index is 1.16. The van der Waals surface area contributed by atoms with Gasteiger partial charge in [0.25, 0.3) is 0 Å². The maximum Gasteiger partial charge on any atom is 0.0547 e. The minimum absolute atomic E-state index is 1.16. The summed E-state index contributed by atoms with van der Waals surface area (Å²) in [6, 6.07) is 70.4. The molecule has 50 heavy (non-hydrogen) atoms. The van der Waals surface area contributed by atoms with Gasteiger partial charge in [0.05, 0.1) is 22.1 Å². The third kappa shape index (κ3) is 4.50. The normalized spacial score (nSPS) is 11.6. The van der Waals surface area contributed by atoms with Gasteiger partial charge >= 0.3 is 0 Å². The Morgan fingerprint density at radius 1 is 0.260 bits per heavy atom. The highest BCUT2D eigenvalue weighted by Crippen LogP contribution is 2.40. The number of para-hydroxylation sites is 3. The fourth-order valence-electron chi connectivity index (χ4n) is 7.88. The molecule has 2 nitrogen and oxygen atoms in total. The number of hydrogen-bond acceptors (Lipinski definition) is 0. The topological polar surface area (TPSA) is 9.86 Å². The molecule has 234 valence electrons. The van der Waals surface area contributed by atoms with Crippen LogP contribution in [-0.4, -0.2) is 9.13 Å². The van der Waals surface area contributed by atoms with Crippen LogP contribution in [0.3, 0.4) is 0 Å². The van der Waals surface area contributed by atoms with E-state index in [9.17, 15) is 0 Å². The Hall–Kier alpha value is -6.64. The number of hydrogen-bond donors (Lipinski definition) is 0. The number of fused-ring (bicyclic) bond motifs is 6. The van der Waals surface area contributed by atoms with E-state index in [-0.39, 0.29) is 0 Å². The van der Waals surface area contributed by atoms with E-state index in [2.05, 4.69) is 203 Å². The highest BCUT2D eigenvalue weighted by atomic mass is 15.0. The van der Waals surface area contributed by atoms with E-state index in [1.165, 1.54) is 77.0 Å². The Bertz CT molecular complexity index is 2820. The zero-order valence-corrected chi connectivity index (χ0v) is 27.4. The van der Waals surface area contributed by atoms with Crippen molar-refractivity contribution >= 4 is 43.6 Å². The first-order valence-corrected chi connectivity index (χ1v) is 17.2. The molecule has 0 unspecified atom stereocenters. The molecule has 0 bridgehead atoms. The van der Waals surface area contributed by atoms with E-state index in [0.29, 0.717) is 0 Å². The summed E-state index contributed by atoms with van der Waals surface area (Å²) in [6.45, 7) is 0. The van der Waals surface area contributed by atoms with Crippen LogP contribution in [0.2, 0.25) is 0 Å². The van der Waals surface area contributed by atoms with Crippen molar-refractivity contribution in [2.45, 2.75) is 0 Å². The summed E-state index contributed by atoms with van der Waals surface area (Å²) >= 11 is 0. The molecule has 0 spiro atoms. The molecular weight excluding hydrogens is 605 g/mol. The second-order valence-corrected chi connectivity index (χ2v) is 13.0. The average Bonchev–Trinajstić information content (AvgIpc) is 3.72. The largest absolute Gasteiger partial charge is 0.309 e. The number of aromatic nitrogens is 2. The lowest BCUT2D eigenvalue weighted by atomic mass is 9.95. The van der Waals surface area contributed by atoms with E-state index in [1.807, 2.05) is 0 Å². The van der Waals surface area contributed by atoms with E-state index in [4.69, 9.17) is 0 Å². The molecule has 0 atom stereocenters. The van der Waals surface area contributed by atoms with Gasteiger partial charge in [-0.3, -0.25) is 0 Å². The Morgan fingerprint density at radius 2 is 0.680 bits per heavy atom.